The summed E-state index contributed by atoms with van der Waals surface area (Å²) in [4.78, 5) is 40.8. The van der Waals surface area contributed by atoms with Crippen LogP contribution in [-0.4, -0.2) is 0 Å². The molecule has 1 aromatic rings. The van der Waals surface area contributed by atoms with Gasteiger partial charge in [0, 0.05) is 0 Å². The molecule has 0 saturated carbocycles. The highest BCUT2D eigenvalue weighted by Gasteiger charge is 2.16. The van der Waals surface area contributed by atoms with E-state index in [0.29, 0.717) is 0 Å². The van der Waals surface area contributed by atoms with Gasteiger partial charge in [0.2, 0.25) is 0 Å². The summed E-state index contributed by atoms with van der Waals surface area (Å²) in [7, 11) is 0. The zero-order valence-corrected chi connectivity index (χ0v) is 6.58. The van der Waals surface area contributed by atoms with E-state index in [-0.39, 0.29) is 11.4 Å². The van der Waals surface area contributed by atoms with Gasteiger partial charge >= 0.3 is 0 Å². The fraction of sp³-hybridized carbons (Fsp3) is 0. The Balaban J connectivity index is 3.58. The number of hydrogen-bond donors (Lipinski definition) is 0. The minimum atomic E-state index is -0.577. The maximum Gasteiger partial charge on any atom is 0.168 e. The molecule has 0 atom stereocenters. The predicted molar refractivity (Wildman–Crippen MR) is 48.3 cm³/mol. The quantitative estimate of drug-likeness (QED) is 0.683. The molecule has 0 aliphatic carbocycles. The van der Waals surface area contributed by atoms with Crippen molar-refractivity contribution in [1.82, 2.24) is 0 Å². The van der Waals surface area contributed by atoms with Crippen molar-refractivity contribution in [2.45, 2.75) is 0 Å². The first kappa shape index (κ1) is 9.71. The lowest BCUT2D eigenvalue weighted by molar-refractivity contribution is 1.35. The summed E-state index contributed by atoms with van der Waals surface area (Å²) < 4.78 is 0. The summed E-state index contributed by atoms with van der Waals surface area (Å²) in [6.45, 7) is 0. The lowest BCUT2D eigenvalue weighted by atomic mass is 10.2. The molecule has 8 heteroatoms. The number of rotatable bonds is 4. The molecule has 0 N–H and O–H groups in total. The zero-order valence-electron chi connectivity index (χ0n) is 6.58. The van der Waals surface area contributed by atoms with E-state index in [1.54, 1.807) is 0 Å². The average molecular weight is 194 g/mol. The predicted octanol–water partition coefficient (Wildman–Crippen LogP) is 3.28. The smallest absolute Gasteiger partial charge is 0.145 e. The minimum Gasteiger partial charge on any atom is -0.145 e. The van der Waals surface area contributed by atoms with Crippen molar-refractivity contribution < 1.29 is 0 Å². The third kappa shape index (κ3) is 1.40. The van der Waals surface area contributed by atoms with Crippen LogP contribution in [0.25, 0.3) is 0 Å². The molecular weight excluding hydrogens is 192 g/mol. The molecule has 8 nitrogen and oxygen atoms in total. The highest BCUT2D eigenvalue weighted by atomic mass is 16.3. The maximum atomic E-state index is 10.2. The summed E-state index contributed by atoms with van der Waals surface area (Å²) >= 11 is 0. The van der Waals surface area contributed by atoms with Crippen molar-refractivity contribution in [2.24, 2.45) is 20.7 Å². The number of nitrogens with zero attached hydrogens (tertiary/aromatic N) is 4. The Morgan fingerprint density at radius 2 is 1.00 bits per heavy atom. The van der Waals surface area contributed by atoms with Gasteiger partial charge in [-0.05, 0) is 32.8 Å². The molecule has 0 amide bonds. The van der Waals surface area contributed by atoms with E-state index in [2.05, 4.69) is 20.7 Å². The van der Waals surface area contributed by atoms with Gasteiger partial charge in [-0.1, -0.05) is 0 Å². The summed E-state index contributed by atoms with van der Waals surface area (Å²) in [6, 6.07) is 2.10. The molecule has 0 radical (unpaired) electrons. The summed E-state index contributed by atoms with van der Waals surface area (Å²) in [5.74, 6) is 0. The second-order valence-corrected chi connectivity index (χ2v) is 2.17. The lowest BCUT2D eigenvalue weighted by Crippen LogP contribution is -1.71. The van der Waals surface area contributed by atoms with E-state index in [1.165, 1.54) is 0 Å². The van der Waals surface area contributed by atoms with Gasteiger partial charge in [0.15, 0.2) is 11.4 Å². The molecule has 0 spiro atoms. The second kappa shape index (κ2) is 4.03. The first-order valence-corrected chi connectivity index (χ1v) is 3.29. The second-order valence-electron chi connectivity index (χ2n) is 2.17. The van der Waals surface area contributed by atoms with E-state index < -0.39 is 11.4 Å². The van der Waals surface area contributed by atoms with E-state index in [1.807, 2.05) is 0 Å². The third-order valence-corrected chi connectivity index (χ3v) is 1.49. The molecule has 1 aromatic carbocycles. The van der Waals surface area contributed by atoms with Crippen LogP contribution in [-0.2, 0) is 0 Å². The molecule has 1 rings (SSSR count). The zero-order chi connectivity index (χ0) is 10.6. The molecule has 14 heavy (non-hydrogen) atoms. The Kier molecular flexibility index (Phi) is 2.79. The molecular formula is C6H2N4O4. The first-order valence-electron chi connectivity index (χ1n) is 3.29. The minimum absolute atomic E-state index is 0.359. The third-order valence-electron chi connectivity index (χ3n) is 1.49. The van der Waals surface area contributed by atoms with E-state index in [4.69, 9.17) is 0 Å². The van der Waals surface area contributed by atoms with Crippen molar-refractivity contribution in [3.8, 4) is 0 Å². The first-order chi connectivity index (χ1) is 6.78. The van der Waals surface area contributed by atoms with E-state index >= 15 is 0 Å². The van der Waals surface area contributed by atoms with Crippen LogP contribution in [0.1, 0.15) is 0 Å². The van der Waals surface area contributed by atoms with Gasteiger partial charge in [-0.15, -0.1) is 19.6 Å². The molecule has 0 bridgehead atoms. The number of hydrogen-bond acceptors (Lipinski definition) is 8. The molecule has 0 saturated heterocycles. The molecule has 70 valence electrons. The maximum absolute atomic E-state index is 10.2. The van der Waals surface area contributed by atoms with Gasteiger partial charge in [-0.2, -0.15) is 0 Å². The topological polar surface area (TPSA) is 118 Å². The van der Waals surface area contributed by atoms with E-state index in [0.717, 1.165) is 12.1 Å². The highest BCUT2D eigenvalue weighted by molar-refractivity contribution is 5.84. The summed E-state index contributed by atoms with van der Waals surface area (Å²) in [5, 5.41) is 9.65. The van der Waals surface area contributed by atoms with Crippen molar-refractivity contribution in [2.75, 3.05) is 0 Å². The Morgan fingerprint density at radius 1 is 0.643 bits per heavy atom. The van der Waals surface area contributed by atoms with Crippen LogP contribution in [0, 0.1) is 19.6 Å². The highest BCUT2D eigenvalue weighted by Crippen LogP contribution is 2.43. The number of nitroso groups, excluding NO2 is 4. The van der Waals surface area contributed by atoms with Crippen LogP contribution >= 0.6 is 0 Å². The van der Waals surface area contributed by atoms with Crippen molar-refractivity contribution in [1.29, 1.82) is 0 Å². The van der Waals surface area contributed by atoms with Crippen molar-refractivity contribution >= 4 is 22.7 Å². The van der Waals surface area contributed by atoms with Gasteiger partial charge in [0.25, 0.3) is 0 Å². The molecule has 0 fully saturated rings. The monoisotopic (exact) mass is 194 g/mol. The van der Waals surface area contributed by atoms with Gasteiger partial charge < -0.3 is 0 Å². The van der Waals surface area contributed by atoms with Crippen molar-refractivity contribution in [3.63, 3.8) is 0 Å². The summed E-state index contributed by atoms with van der Waals surface area (Å²) in [5.41, 5.74) is -1.87. The largest absolute Gasteiger partial charge is 0.168 e. The Labute approximate surface area is 76.2 Å². The molecule has 0 aromatic heterocycles. The van der Waals surface area contributed by atoms with Crippen LogP contribution in [0.2, 0.25) is 0 Å². The van der Waals surface area contributed by atoms with Gasteiger partial charge in [0.1, 0.15) is 11.4 Å². The van der Waals surface area contributed by atoms with Gasteiger partial charge in [-0.3, -0.25) is 0 Å². The molecule has 0 heterocycles. The SMILES string of the molecule is O=Nc1ccc(N=O)c(N=O)c1N=O. The number of benzene rings is 1. The van der Waals surface area contributed by atoms with Crippen LogP contribution in [0.5, 0.6) is 0 Å². The Morgan fingerprint density at radius 3 is 1.21 bits per heavy atom. The average Bonchev–Trinajstić information content (AvgIpc) is 2.26. The van der Waals surface area contributed by atoms with Crippen LogP contribution in [0.15, 0.2) is 32.8 Å². The summed E-state index contributed by atoms with van der Waals surface area (Å²) in [6.07, 6.45) is 0. The van der Waals surface area contributed by atoms with Crippen LogP contribution in [0.4, 0.5) is 22.7 Å². The lowest BCUT2D eigenvalue weighted by Gasteiger charge is -1.97. The van der Waals surface area contributed by atoms with Gasteiger partial charge in [0.05, 0.1) is 0 Å². The standard InChI is InChI=1S/C6H2N4O4/c11-7-3-1-2-4(8-12)6(10-14)5(3)9-13/h1-2H. The van der Waals surface area contributed by atoms with E-state index in [9.17, 15) is 19.6 Å². The fourth-order valence-electron chi connectivity index (χ4n) is 0.886. The van der Waals surface area contributed by atoms with Crippen LogP contribution in [0.3, 0.4) is 0 Å². The molecule has 0 aliphatic rings. The fourth-order valence-corrected chi connectivity index (χ4v) is 0.886. The molecule has 0 aliphatic heterocycles. The Hall–Kier alpha value is -2.38. The van der Waals surface area contributed by atoms with Crippen LogP contribution < -0.4 is 0 Å². The van der Waals surface area contributed by atoms with Gasteiger partial charge in [-0.25, -0.2) is 0 Å². The van der Waals surface area contributed by atoms with Crippen molar-refractivity contribution in [3.05, 3.63) is 31.8 Å². The Bertz CT molecular complexity index is 378. The normalized spacial score (nSPS) is 9.14. The molecule has 0 unspecified atom stereocenters.